The molecule has 0 N–H and O–H groups in total. The summed E-state index contributed by atoms with van der Waals surface area (Å²) in [6, 6.07) is 3.83. The fourth-order valence-electron chi connectivity index (χ4n) is 3.06. The topological polar surface area (TPSA) is 57.7 Å². The Morgan fingerprint density at radius 3 is 2.33 bits per heavy atom. The van der Waals surface area contributed by atoms with Crippen LogP contribution in [0.3, 0.4) is 0 Å². The molecule has 2 rings (SSSR count). The number of sulfonamides is 1. The maximum Gasteiger partial charge on any atom is 0.243 e. The van der Waals surface area contributed by atoms with E-state index in [1.54, 1.807) is 11.8 Å². The summed E-state index contributed by atoms with van der Waals surface area (Å²) in [4.78, 5) is 14.3. The molecule has 0 saturated carbocycles. The Bertz CT molecular complexity index is 694. The molecular formula is C17H25FN2O3S. The number of hydrogen-bond donors (Lipinski definition) is 0. The van der Waals surface area contributed by atoms with Crippen molar-refractivity contribution in [3.8, 4) is 0 Å². The standard InChI is InChI=1S/C17H25FN2O3S/c1-4-19(5-2)17(21)14-8-10-20(11-9-14)24(22,23)15-6-7-16(18)13(3)12-15/h6-7,12,14H,4-5,8-11H2,1-3H3. The zero-order chi connectivity index (χ0) is 17.9. The zero-order valence-electron chi connectivity index (χ0n) is 14.5. The SMILES string of the molecule is CCN(CC)C(=O)C1CCN(S(=O)(=O)c2ccc(F)c(C)c2)CC1. The highest BCUT2D eigenvalue weighted by Crippen LogP contribution is 2.26. The average molecular weight is 356 g/mol. The first-order chi connectivity index (χ1) is 11.3. The summed E-state index contributed by atoms with van der Waals surface area (Å²) in [6.07, 6.45) is 1.05. The van der Waals surface area contributed by atoms with Crippen LogP contribution in [0.5, 0.6) is 0 Å². The van der Waals surface area contributed by atoms with Crippen molar-refractivity contribution >= 4 is 15.9 Å². The minimum atomic E-state index is -3.64. The highest BCUT2D eigenvalue weighted by atomic mass is 32.2. The lowest BCUT2D eigenvalue weighted by Gasteiger charge is -2.33. The van der Waals surface area contributed by atoms with Crippen LogP contribution in [0.4, 0.5) is 4.39 Å². The second-order valence-electron chi connectivity index (χ2n) is 6.10. The molecule has 7 heteroatoms. The van der Waals surface area contributed by atoms with E-state index in [1.165, 1.54) is 22.5 Å². The van der Waals surface area contributed by atoms with Crippen molar-refractivity contribution in [3.63, 3.8) is 0 Å². The maximum absolute atomic E-state index is 13.4. The predicted octanol–water partition coefficient (Wildman–Crippen LogP) is 2.40. The van der Waals surface area contributed by atoms with Crippen molar-refractivity contribution < 1.29 is 17.6 Å². The van der Waals surface area contributed by atoms with Gasteiger partial charge in [0.25, 0.3) is 0 Å². The Morgan fingerprint density at radius 1 is 1.25 bits per heavy atom. The molecule has 0 spiro atoms. The number of benzene rings is 1. The summed E-state index contributed by atoms with van der Waals surface area (Å²) < 4.78 is 40.1. The van der Waals surface area contributed by atoms with Crippen LogP contribution in [0.25, 0.3) is 0 Å². The van der Waals surface area contributed by atoms with Crippen LogP contribution in [0.1, 0.15) is 32.3 Å². The number of piperidine rings is 1. The summed E-state index contributed by atoms with van der Waals surface area (Å²) >= 11 is 0. The van der Waals surface area contributed by atoms with Gasteiger partial charge in [-0.15, -0.1) is 0 Å². The smallest absolute Gasteiger partial charge is 0.243 e. The number of nitrogens with zero attached hydrogens (tertiary/aromatic N) is 2. The highest BCUT2D eigenvalue weighted by molar-refractivity contribution is 7.89. The van der Waals surface area contributed by atoms with E-state index < -0.39 is 15.8 Å². The molecule has 1 aliphatic rings. The third kappa shape index (κ3) is 3.78. The first-order valence-electron chi connectivity index (χ1n) is 8.36. The van der Waals surface area contributed by atoms with E-state index in [0.29, 0.717) is 44.6 Å². The maximum atomic E-state index is 13.4. The molecule has 0 radical (unpaired) electrons. The Balaban J connectivity index is 2.08. The van der Waals surface area contributed by atoms with Gasteiger partial charge in [-0.1, -0.05) is 0 Å². The van der Waals surface area contributed by atoms with Gasteiger partial charge >= 0.3 is 0 Å². The van der Waals surface area contributed by atoms with E-state index in [2.05, 4.69) is 0 Å². The second-order valence-corrected chi connectivity index (χ2v) is 8.04. The Labute approximate surface area is 143 Å². The number of rotatable bonds is 5. The van der Waals surface area contributed by atoms with Crippen LogP contribution in [-0.4, -0.2) is 49.7 Å². The number of aryl methyl sites for hydroxylation is 1. The lowest BCUT2D eigenvalue weighted by Crippen LogP contribution is -2.44. The van der Waals surface area contributed by atoms with Gasteiger partial charge in [-0.25, -0.2) is 12.8 Å². The molecule has 0 bridgehead atoms. The van der Waals surface area contributed by atoms with Crippen molar-refractivity contribution in [2.24, 2.45) is 5.92 Å². The van der Waals surface area contributed by atoms with Crippen LogP contribution >= 0.6 is 0 Å². The van der Waals surface area contributed by atoms with Crippen molar-refractivity contribution in [2.75, 3.05) is 26.2 Å². The predicted molar refractivity (Wildman–Crippen MR) is 90.5 cm³/mol. The zero-order valence-corrected chi connectivity index (χ0v) is 15.3. The molecule has 1 aromatic carbocycles. The minimum absolute atomic E-state index is 0.106. The van der Waals surface area contributed by atoms with E-state index in [-0.39, 0.29) is 16.7 Å². The number of carbonyl (C=O) groups is 1. The third-order valence-electron chi connectivity index (χ3n) is 4.65. The molecule has 24 heavy (non-hydrogen) atoms. The van der Waals surface area contributed by atoms with Crippen molar-refractivity contribution in [2.45, 2.75) is 38.5 Å². The van der Waals surface area contributed by atoms with Crippen LogP contribution in [-0.2, 0) is 14.8 Å². The van der Waals surface area contributed by atoms with E-state index in [0.717, 1.165) is 0 Å². The summed E-state index contributed by atoms with van der Waals surface area (Å²) in [5.41, 5.74) is 0.308. The van der Waals surface area contributed by atoms with Crippen LogP contribution < -0.4 is 0 Å². The largest absolute Gasteiger partial charge is 0.343 e. The molecule has 0 aliphatic carbocycles. The fraction of sp³-hybridized carbons (Fsp3) is 0.588. The molecule has 0 atom stereocenters. The van der Waals surface area contributed by atoms with Crippen molar-refractivity contribution in [1.82, 2.24) is 9.21 Å². The fourth-order valence-corrected chi connectivity index (χ4v) is 4.62. The molecule has 1 aliphatic heterocycles. The molecule has 1 fully saturated rings. The minimum Gasteiger partial charge on any atom is -0.343 e. The Hall–Kier alpha value is -1.47. The first-order valence-corrected chi connectivity index (χ1v) is 9.80. The summed E-state index contributed by atoms with van der Waals surface area (Å²) in [6.45, 7) is 7.40. The number of hydrogen-bond acceptors (Lipinski definition) is 3. The summed E-state index contributed by atoms with van der Waals surface area (Å²) in [7, 11) is -3.64. The van der Waals surface area contributed by atoms with Crippen LogP contribution in [0.15, 0.2) is 23.1 Å². The molecular weight excluding hydrogens is 331 g/mol. The average Bonchev–Trinajstić information content (AvgIpc) is 2.58. The summed E-state index contributed by atoms with van der Waals surface area (Å²) in [5, 5.41) is 0. The van der Waals surface area contributed by atoms with Crippen molar-refractivity contribution in [3.05, 3.63) is 29.6 Å². The van der Waals surface area contributed by atoms with Gasteiger partial charge in [0.05, 0.1) is 4.90 Å². The van der Waals surface area contributed by atoms with Crippen LogP contribution in [0, 0.1) is 18.7 Å². The lowest BCUT2D eigenvalue weighted by atomic mass is 9.96. The number of halogens is 1. The van der Waals surface area contributed by atoms with Crippen LogP contribution in [0.2, 0.25) is 0 Å². The van der Waals surface area contributed by atoms with Gasteiger partial charge in [-0.05, 0) is 57.4 Å². The van der Waals surface area contributed by atoms with Gasteiger partial charge in [-0.3, -0.25) is 4.79 Å². The highest BCUT2D eigenvalue weighted by Gasteiger charge is 2.33. The van der Waals surface area contributed by atoms with Crippen molar-refractivity contribution in [1.29, 1.82) is 0 Å². The molecule has 1 amide bonds. The number of amides is 1. The van der Waals surface area contributed by atoms with E-state index in [9.17, 15) is 17.6 Å². The monoisotopic (exact) mass is 356 g/mol. The Morgan fingerprint density at radius 2 is 1.83 bits per heavy atom. The van der Waals surface area contributed by atoms with E-state index in [4.69, 9.17) is 0 Å². The normalized spacial score (nSPS) is 17.0. The molecule has 1 saturated heterocycles. The second kappa shape index (κ2) is 7.61. The van der Waals surface area contributed by atoms with Gasteiger partial charge in [0, 0.05) is 32.1 Å². The molecule has 1 aromatic rings. The van der Waals surface area contributed by atoms with Gasteiger partial charge in [0.15, 0.2) is 0 Å². The molecule has 0 unspecified atom stereocenters. The quantitative estimate of drug-likeness (QED) is 0.814. The van der Waals surface area contributed by atoms with Gasteiger partial charge < -0.3 is 4.90 Å². The third-order valence-corrected chi connectivity index (χ3v) is 6.54. The molecule has 1 heterocycles. The summed E-state index contributed by atoms with van der Waals surface area (Å²) in [5.74, 6) is -0.432. The first kappa shape index (κ1) is 18.9. The molecule has 5 nitrogen and oxygen atoms in total. The van der Waals surface area contributed by atoms with Gasteiger partial charge in [0.1, 0.15) is 5.82 Å². The van der Waals surface area contributed by atoms with Gasteiger partial charge in [0.2, 0.25) is 15.9 Å². The molecule has 0 aromatic heterocycles. The lowest BCUT2D eigenvalue weighted by molar-refractivity contribution is -0.136. The van der Waals surface area contributed by atoms with E-state index >= 15 is 0 Å². The van der Waals surface area contributed by atoms with Gasteiger partial charge in [-0.2, -0.15) is 4.31 Å². The molecule has 134 valence electrons. The Kier molecular flexibility index (Phi) is 5.98. The van der Waals surface area contributed by atoms with E-state index in [1.807, 2.05) is 13.8 Å². The number of carbonyl (C=O) groups excluding carboxylic acids is 1.